The summed E-state index contributed by atoms with van der Waals surface area (Å²) in [4.78, 5) is 11.8. The average molecular weight is 334 g/mol. The van der Waals surface area contributed by atoms with Crippen molar-refractivity contribution in [1.82, 2.24) is 5.32 Å². The van der Waals surface area contributed by atoms with Crippen LogP contribution in [0.5, 0.6) is 5.75 Å². The van der Waals surface area contributed by atoms with Gasteiger partial charge in [-0.1, -0.05) is 11.6 Å². The molecule has 1 aliphatic carbocycles. The van der Waals surface area contributed by atoms with E-state index in [1.807, 2.05) is 0 Å². The number of nitrogens with one attached hydrogen (secondary N) is 1. The molecule has 1 N–H and O–H groups in total. The molecule has 0 fully saturated rings. The number of rotatable bonds is 3. The highest BCUT2D eigenvalue weighted by Gasteiger charge is 2.29. The van der Waals surface area contributed by atoms with Gasteiger partial charge in [-0.2, -0.15) is 8.78 Å². The molecule has 2 rings (SSSR count). The molecule has 122 valence electrons. The van der Waals surface area contributed by atoms with Gasteiger partial charge in [0.1, 0.15) is 11.4 Å². The van der Waals surface area contributed by atoms with Gasteiger partial charge in [0.25, 0.3) is 0 Å². The molecular formula is C15H18ClF2NO3. The van der Waals surface area contributed by atoms with Crippen LogP contribution in [0, 0.1) is 0 Å². The molecule has 1 unspecified atom stereocenters. The summed E-state index contributed by atoms with van der Waals surface area (Å²) >= 11 is 5.92. The SMILES string of the molecule is CC(C)(C)OC(=O)NC1Cc2cc(Cl)cc(OC(F)F)c2C1. The number of alkyl carbamates (subject to hydrolysis) is 1. The number of benzene rings is 1. The van der Waals surface area contributed by atoms with Crippen LogP contribution in [0.3, 0.4) is 0 Å². The number of hydrogen-bond acceptors (Lipinski definition) is 3. The molecule has 7 heteroatoms. The number of hydrogen-bond donors (Lipinski definition) is 1. The van der Waals surface area contributed by atoms with Gasteiger partial charge in [0.2, 0.25) is 0 Å². The predicted octanol–water partition coefficient (Wildman–Crippen LogP) is 3.93. The molecule has 0 radical (unpaired) electrons. The highest BCUT2D eigenvalue weighted by atomic mass is 35.5. The largest absolute Gasteiger partial charge is 0.444 e. The number of amides is 1. The number of halogens is 3. The summed E-state index contributed by atoms with van der Waals surface area (Å²) in [5, 5.41) is 3.06. The van der Waals surface area contributed by atoms with Crippen molar-refractivity contribution in [2.45, 2.75) is 51.9 Å². The summed E-state index contributed by atoms with van der Waals surface area (Å²) in [6, 6.07) is 2.83. The maximum atomic E-state index is 12.5. The van der Waals surface area contributed by atoms with Crippen LogP contribution in [0.2, 0.25) is 5.02 Å². The topological polar surface area (TPSA) is 47.6 Å². The van der Waals surface area contributed by atoms with E-state index in [2.05, 4.69) is 10.1 Å². The van der Waals surface area contributed by atoms with Gasteiger partial charge in [0.15, 0.2) is 0 Å². The normalized spacial score (nSPS) is 17.3. The Balaban J connectivity index is 2.08. The second-order valence-electron chi connectivity index (χ2n) is 6.17. The van der Waals surface area contributed by atoms with E-state index in [0.717, 1.165) is 5.56 Å². The first-order chi connectivity index (χ1) is 10.1. The maximum absolute atomic E-state index is 12.5. The van der Waals surface area contributed by atoms with E-state index in [9.17, 15) is 13.6 Å². The lowest BCUT2D eigenvalue weighted by molar-refractivity contribution is -0.0504. The Kier molecular flexibility index (Phi) is 4.80. The average Bonchev–Trinajstić information content (AvgIpc) is 2.67. The second-order valence-corrected chi connectivity index (χ2v) is 6.61. The molecule has 0 aliphatic heterocycles. The minimum Gasteiger partial charge on any atom is -0.444 e. The van der Waals surface area contributed by atoms with Gasteiger partial charge >= 0.3 is 12.7 Å². The molecule has 0 bridgehead atoms. The molecule has 1 amide bonds. The van der Waals surface area contributed by atoms with Crippen molar-refractivity contribution < 1.29 is 23.0 Å². The molecule has 0 saturated heterocycles. The van der Waals surface area contributed by atoms with Crippen molar-refractivity contribution in [3.63, 3.8) is 0 Å². The smallest absolute Gasteiger partial charge is 0.407 e. The van der Waals surface area contributed by atoms with Crippen LogP contribution in [-0.4, -0.2) is 24.3 Å². The number of alkyl halides is 2. The second kappa shape index (κ2) is 6.28. The van der Waals surface area contributed by atoms with Gasteiger partial charge < -0.3 is 14.8 Å². The summed E-state index contributed by atoms with van der Waals surface area (Å²) in [7, 11) is 0. The van der Waals surface area contributed by atoms with E-state index in [-0.39, 0.29) is 11.8 Å². The van der Waals surface area contributed by atoms with E-state index in [4.69, 9.17) is 16.3 Å². The molecule has 22 heavy (non-hydrogen) atoms. The minimum atomic E-state index is -2.92. The fourth-order valence-corrected chi connectivity index (χ4v) is 2.67. The lowest BCUT2D eigenvalue weighted by atomic mass is 10.1. The molecule has 0 heterocycles. The molecular weight excluding hydrogens is 316 g/mol. The van der Waals surface area contributed by atoms with Gasteiger partial charge in [-0.05, 0) is 56.9 Å². The van der Waals surface area contributed by atoms with Crippen molar-refractivity contribution >= 4 is 17.7 Å². The van der Waals surface area contributed by atoms with Crippen LogP contribution < -0.4 is 10.1 Å². The molecule has 1 aromatic rings. The van der Waals surface area contributed by atoms with E-state index in [1.54, 1.807) is 26.8 Å². The first-order valence-corrected chi connectivity index (χ1v) is 7.27. The molecule has 0 saturated carbocycles. The first kappa shape index (κ1) is 16.8. The quantitative estimate of drug-likeness (QED) is 0.911. The van der Waals surface area contributed by atoms with Gasteiger partial charge in [-0.25, -0.2) is 4.79 Å². The van der Waals surface area contributed by atoms with Gasteiger partial charge in [-0.15, -0.1) is 0 Å². The summed E-state index contributed by atoms with van der Waals surface area (Å²) in [6.45, 7) is 2.39. The minimum absolute atomic E-state index is 0.0611. The van der Waals surface area contributed by atoms with Crippen LogP contribution >= 0.6 is 11.6 Å². The van der Waals surface area contributed by atoms with Crippen molar-refractivity contribution in [2.24, 2.45) is 0 Å². The van der Waals surface area contributed by atoms with Gasteiger partial charge in [0.05, 0.1) is 0 Å². The molecule has 0 aromatic heterocycles. The number of carbonyl (C=O) groups excluding carboxylic acids is 1. The summed E-state index contributed by atoms with van der Waals surface area (Å²) < 4.78 is 34.6. The zero-order valence-electron chi connectivity index (χ0n) is 12.6. The van der Waals surface area contributed by atoms with Crippen LogP contribution in [0.4, 0.5) is 13.6 Å². The monoisotopic (exact) mass is 333 g/mol. The van der Waals surface area contributed by atoms with Crippen molar-refractivity contribution in [3.8, 4) is 5.75 Å². The Morgan fingerprint density at radius 1 is 1.36 bits per heavy atom. The van der Waals surface area contributed by atoms with Crippen LogP contribution in [-0.2, 0) is 17.6 Å². The third-order valence-corrected chi connectivity index (χ3v) is 3.34. The predicted molar refractivity (Wildman–Crippen MR) is 78.6 cm³/mol. The summed E-state index contributed by atoms with van der Waals surface area (Å²) in [5.41, 5.74) is 0.845. The molecule has 4 nitrogen and oxygen atoms in total. The number of fused-ring (bicyclic) bond motifs is 1. The lowest BCUT2D eigenvalue weighted by Gasteiger charge is -2.21. The first-order valence-electron chi connectivity index (χ1n) is 6.89. The fourth-order valence-electron chi connectivity index (χ4n) is 2.44. The van der Waals surface area contributed by atoms with E-state index in [0.29, 0.717) is 23.4 Å². The molecule has 1 aromatic carbocycles. The summed E-state index contributed by atoms with van der Waals surface area (Å²) in [5.74, 6) is 0.0611. The Morgan fingerprint density at radius 2 is 2.05 bits per heavy atom. The zero-order chi connectivity index (χ0) is 16.5. The Labute approximate surface area is 132 Å². The van der Waals surface area contributed by atoms with Crippen LogP contribution in [0.15, 0.2) is 12.1 Å². The summed E-state index contributed by atoms with van der Waals surface area (Å²) in [6.07, 6.45) is 0.357. The number of carbonyl (C=O) groups is 1. The van der Waals surface area contributed by atoms with Crippen molar-refractivity contribution in [3.05, 3.63) is 28.3 Å². The highest BCUT2D eigenvalue weighted by molar-refractivity contribution is 6.30. The lowest BCUT2D eigenvalue weighted by Crippen LogP contribution is -2.39. The van der Waals surface area contributed by atoms with Crippen LogP contribution in [0.1, 0.15) is 31.9 Å². The third-order valence-electron chi connectivity index (χ3n) is 3.12. The van der Waals surface area contributed by atoms with Gasteiger partial charge in [0, 0.05) is 11.1 Å². The van der Waals surface area contributed by atoms with E-state index in [1.165, 1.54) is 6.07 Å². The maximum Gasteiger partial charge on any atom is 0.407 e. The molecule has 0 spiro atoms. The Bertz CT molecular complexity index is 573. The number of ether oxygens (including phenoxy) is 2. The van der Waals surface area contributed by atoms with Crippen LogP contribution in [0.25, 0.3) is 0 Å². The van der Waals surface area contributed by atoms with E-state index >= 15 is 0 Å². The van der Waals surface area contributed by atoms with E-state index < -0.39 is 18.3 Å². The fraction of sp³-hybridized carbons (Fsp3) is 0.533. The molecule has 1 aliphatic rings. The highest BCUT2D eigenvalue weighted by Crippen LogP contribution is 2.35. The third kappa shape index (κ3) is 4.47. The van der Waals surface area contributed by atoms with Crippen molar-refractivity contribution in [1.29, 1.82) is 0 Å². The standard InChI is InChI=1S/C15H18ClF2NO3/c1-15(2,3)22-14(20)19-10-5-8-4-9(16)6-12(11(8)7-10)21-13(17)18/h4,6,10,13H,5,7H2,1-3H3,(H,19,20). The molecule has 1 atom stereocenters. The van der Waals surface area contributed by atoms with Gasteiger partial charge in [-0.3, -0.25) is 0 Å². The zero-order valence-corrected chi connectivity index (χ0v) is 13.3. The Hall–Kier alpha value is -1.56. The van der Waals surface area contributed by atoms with Crippen molar-refractivity contribution in [2.75, 3.05) is 0 Å². The Morgan fingerprint density at radius 3 is 2.64 bits per heavy atom.